The van der Waals surface area contributed by atoms with Crippen LogP contribution in [0.1, 0.15) is 30.6 Å². The Balaban J connectivity index is 2.01. The Morgan fingerprint density at radius 1 is 1.37 bits per heavy atom. The molecule has 102 valence electrons. The SMILES string of the molecule is CCOC(=O)C(C)C[C@@H]1NC(=O)c2ccccc2N1. The Kier molecular flexibility index (Phi) is 4.04. The number of fused-ring (bicyclic) bond motifs is 1. The van der Waals surface area contributed by atoms with Gasteiger partial charge in [-0.05, 0) is 25.5 Å². The first kappa shape index (κ1) is 13.4. The van der Waals surface area contributed by atoms with E-state index < -0.39 is 0 Å². The van der Waals surface area contributed by atoms with E-state index in [2.05, 4.69) is 10.6 Å². The highest BCUT2D eigenvalue weighted by Crippen LogP contribution is 2.22. The molecule has 0 fully saturated rings. The summed E-state index contributed by atoms with van der Waals surface area (Å²) in [7, 11) is 0. The number of nitrogens with one attached hydrogen (secondary N) is 2. The van der Waals surface area contributed by atoms with Crippen LogP contribution in [-0.2, 0) is 9.53 Å². The highest BCUT2D eigenvalue weighted by Gasteiger charge is 2.26. The summed E-state index contributed by atoms with van der Waals surface area (Å²) >= 11 is 0. The van der Waals surface area contributed by atoms with Crippen LogP contribution < -0.4 is 10.6 Å². The van der Waals surface area contributed by atoms with Crippen LogP contribution in [0.15, 0.2) is 24.3 Å². The summed E-state index contributed by atoms with van der Waals surface area (Å²) < 4.78 is 4.96. The molecule has 2 atom stereocenters. The quantitative estimate of drug-likeness (QED) is 0.811. The first-order valence-corrected chi connectivity index (χ1v) is 6.45. The highest BCUT2D eigenvalue weighted by molar-refractivity contribution is 6.01. The van der Waals surface area contributed by atoms with E-state index in [1.807, 2.05) is 18.2 Å². The van der Waals surface area contributed by atoms with Gasteiger partial charge in [0.05, 0.1) is 24.3 Å². The molecule has 1 aliphatic rings. The predicted molar refractivity (Wildman–Crippen MR) is 71.7 cm³/mol. The lowest BCUT2D eigenvalue weighted by atomic mass is 10.0. The average molecular weight is 262 g/mol. The van der Waals surface area contributed by atoms with Crippen LogP contribution in [-0.4, -0.2) is 24.6 Å². The Labute approximate surface area is 112 Å². The molecule has 0 saturated carbocycles. The normalized spacial score (nSPS) is 18.8. The molecule has 0 aromatic heterocycles. The maximum Gasteiger partial charge on any atom is 0.308 e. The number of ether oxygens (including phenoxy) is 1. The fourth-order valence-electron chi connectivity index (χ4n) is 2.12. The van der Waals surface area contributed by atoms with E-state index in [0.717, 1.165) is 5.69 Å². The predicted octanol–water partition coefficient (Wildman–Crippen LogP) is 1.76. The van der Waals surface area contributed by atoms with Gasteiger partial charge >= 0.3 is 5.97 Å². The van der Waals surface area contributed by atoms with Crippen molar-refractivity contribution in [3.05, 3.63) is 29.8 Å². The number of benzene rings is 1. The molecule has 0 saturated heterocycles. The second-order valence-electron chi connectivity index (χ2n) is 4.60. The van der Waals surface area contributed by atoms with Crippen molar-refractivity contribution in [2.24, 2.45) is 5.92 Å². The fraction of sp³-hybridized carbons (Fsp3) is 0.429. The van der Waals surface area contributed by atoms with E-state index in [1.54, 1.807) is 19.9 Å². The largest absolute Gasteiger partial charge is 0.466 e. The van der Waals surface area contributed by atoms with Crippen LogP contribution in [0.2, 0.25) is 0 Å². The van der Waals surface area contributed by atoms with Crippen molar-refractivity contribution in [3.63, 3.8) is 0 Å². The maximum atomic E-state index is 11.9. The molecule has 5 heteroatoms. The van der Waals surface area contributed by atoms with Gasteiger partial charge in [-0.3, -0.25) is 9.59 Å². The van der Waals surface area contributed by atoms with Gasteiger partial charge in [0.25, 0.3) is 5.91 Å². The number of anilines is 1. The number of hydrogen-bond acceptors (Lipinski definition) is 4. The molecule has 0 radical (unpaired) electrons. The first-order chi connectivity index (χ1) is 9.11. The van der Waals surface area contributed by atoms with Gasteiger partial charge < -0.3 is 15.4 Å². The molecule has 5 nitrogen and oxygen atoms in total. The van der Waals surface area contributed by atoms with Gasteiger partial charge in [0.1, 0.15) is 0 Å². The lowest BCUT2D eigenvalue weighted by Gasteiger charge is -2.29. The van der Waals surface area contributed by atoms with Crippen molar-refractivity contribution < 1.29 is 14.3 Å². The highest BCUT2D eigenvalue weighted by atomic mass is 16.5. The van der Waals surface area contributed by atoms with E-state index in [4.69, 9.17) is 4.74 Å². The van der Waals surface area contributed by atoms with Crippen LogP contribution in [0, 0.1) is 5.92 Å². The summed E-state index contributed by atoms with van der Waals surface area (Å²) in [4.78, 5) is 23.5. The van der Waals surface area contributed by atoms with E-state index in [-0.39, 0.29) is 24.0 Å². The summed E-state index contributed by atoms with van der Waals surface area (Å²) in [6.07, 6.45) is 0.251. The average Bonchev–Trinajstić information content (AvgIpc) is 2.39. The summed E-state index contributed by atoms with van der Waals surface area (Å²) in [6.45, 7) is 3.95. The van der Waals surface area contributed by atoms with Crippen LogP contribution in [0.25, 0.3) is 0 Å². The Morgan fingerprint density at radius 3 is 2.84 bits per heavy atom. The second-order valence-corrected chi connectivity index (χ2v) is 4.60. The minimum Gasteiger partial charge on any atom is -0.466 e. The number of hydrogen-bond donors (Lipinski definition) is 2. The zero-order valence-electron chi connectivity index (χ0n) is 11.1. The molecule has 1 aliphatic heterocycles. The van der Waals surface area contributed by atoms with Crippen LogP contribution in [0.3, 0.4) is 0 Å². The fourth-order valence-corrected chi connectivity index (χ4v) is 2.12. The molecule has 0 bridgehead atoms. The molecule has 1 aromatic rings. The van der Waals surface area contributed by atoms with E-state index in [0.29, 0.717) is 18.6 Å². The monoisotopic (exact) mass is 262 g/mol. The van der Waals surface area contributed by atoms with Crippen LogP contribution >= 0.6 is 0 Å². The molecule has 2 rings (SSSR count). The molecule has 0 aliphatic carbocycles. The van der Waals surface area contributed by atoms with Crippen molar-refractivity contribution in [2.75, 3.05) is 11.9 Å². The standard InChI is InChI=1S/C14H18N2O3/c1-3-19-14(18)9(2)8-12-15-11-7-5-4-6-10(11)13(17)16-12/h4-7,9,12,15H,3,8H2,1-2H3,(H,16,17)/t9?,12-/m0/s1. The van der Waals surface area contributed by atoms with Gasteiger partial charge in [-0.1, -0.05) is 19.1 Å². The smallest absolute Gasteiger partial charge is 0.308 e. The lowest BCUT2D eigenvalue weighted by Crippen LogP contribution is -2.46. The second kappa shape index (κ2) is 5.73. The van der Waals surface area contributed by atoms with E-state index in [1.165, 1.54) is 0 Å². The number of esters is 1. The van der Waals surface area contributed by atoms with Gasteiger partial charge in [0.15, 0.2) is 0 Å². The van der Waals surface area contributed by atoms with E-state index in [9.17, 15) is 9.59 Å². The van der Waals surface area contributed by atoms with Gasteiger partial charge in [0.2, 0.25) is 0 Å². The molecule has 19 heavy (non-hydrogen) atoms. The van der Waals surface area contributed by atoms with Crippen molar-refractivity contribution in [1.29, 1.82) is 0 Å². The molecule has 1 heterocycles. The topological polar surface area (TPSA) is 67.4 Å². The first-order valence-electron chi connectivity index (χ1n) is 6.45. The Morgan fingerprint density at radius 2 is 2.11 bits per heavy atom. The van der Waals surface area contributed by atoms with Crippen molar-refractivity contribution >= 4 is 17.6 Å². The molecule has 1 unspecified atom stereocenters. The summed E-state index contributed by atoms with van der Waals surface area (Å²) in [5.74, 6) is -0.615. The molecule has 0 spiro atoms. The van der Waals surface area contributed by atoms with Crippen molar-refractivity contribution in [2.45, 2.75) is 26.4 Å². The van der Waals surface area contributed by atoms with Gasteiger partial charge in [0, 0.05) is 5.69 Å². The zero-order chi connectivity index (χ0) is 13.8. The van der Waals surface area contributed by atoms with Gasteiger partial charge in [-0.15, -0.1) is 0 Å². The number of carbonyl (C=O) groups excluding carboxylic acids is 2. The molecular weight excluding hydrogens is 244 g/mol. The molecular formula is C14H18N2O3. The van der Waals surface area contributed by atoms with Crippen molar-refractivity contribution in [3.8, 4) is 0 Å². The van der Waals surface area contributed by atoms with Crippen molar-refractivity contribution in [1.82, 2.24) is 5.32 Å². The van der Waals surface area contributed by atoms with Crippen LogP contribution in [0.4, 0.5) is 5.69 Å². The third-order valence-electron chi connectivity index (χ3n) is 3.08. The van der Waals surface area contributed by atoms with Gasteiger partial charge in [-0.25, -0.2) is 0 Å². The molecule has 1 amide bonds. The third-order valence-corrected chi connectivity index (χ3v) is 3.08. The summed E-state index contributed by atoms with van der Waals surface area (Å²) in [6, 6.07) is 7.32. The van der Waals surface area contributed by atoms with Gasteiger partial charge in [-0.2, -0.15) is 0 Å². The Hall–Kier alpha value is -2.04. The third kappa shape index (κ3) is 3.05. The summed E-state index contributed by atoms with van der Waals surface area (Å²) in [5, 5.41) is 6.06. The van der Waals surface area contributed by atoms with E-state index >= 15 is 0 Å². The summed E-state index contributed by atoms with van der Waals surface area (Å²) in [5.41, 5.74) is 1.43. The number of para-hydroxylation sites is 1. The number of amides is 1. The minimum absolute atomic E-state index is 0.115. The minimum atomic E-state index is -0.261. The molecule has 2 N–H and O–H groups in total. The zero-order valence-corrected chi connectivity index (χ0v) is 11.1. The maximum absolute atomic E-state index is 11.9. The Bertz CT molecular complexity index is 487. The number of rotatable bonds is 4. The number of carbonyl (C=O) groups is 2. The molecule has 1 aromatic carbocycles. The van der Waals surface area contributed by atoms with Crippen LogP contribution in [0.5, 0.6) is 0 Å². The lowest BCUT2D eigenvalue weighted by molar-refractivity contribution is -0.147.